The normalized spacial score (nSPS) is 15.4. The van der Waals surface area contributed by atoms with Gasteiger partial charge in [0.2, 0.25) is 5.91 Å². The lowest BCUT2D eigenvalue weighted by Gasteiger charge is -2.33. The molecular weight excluding hydrogens is 382 g/mol. The summed E-state index contributed by atoms with van der Waals surface area (Å²) in [7, 11) is 1.82. The van der Waals surface area contributed by atoms with Crippen molar-refractivity contribution in [2.75, 3.05) is 38.0 Å². The van der Waals surface area contributed by atoms with Gasteiger partial charge in [-0.1, -0.05) is 18.2 Å². The summed E-state index contributed by atoms with van der Waals surface area (Å²) >= 11 is 0. The fraction of sp³-hybridized carbons (Fsp3) is 0.364. The second-order valence-corrected chi connectivity index (χ2v) is 7.62. The lowest BCUT2D eigenvalue weighted by atomic mass is 10.3. The van der Waals surface area contributed by atoms with Gasteiger partial charge in [0.1, 0.15) is 11.4 Å². The highest BCUT2D eigenvalue weighted by atomic mass is 16.3. The number of carbonyl (C=O) groups excluding carboxylic acids is 1. The van der Waals surface area contributed by atoms with E-state index in [1.54, 1.807) is 15.6 Å². The predicted molar refractivity (Wildman–Crippen MR) is 115 cm³/mol. The maximum absolute atomic E-state index is 12.9. The van der Waals surface area contributed by atoms with Crippen molar-refractivity contribution in [2.45, 2.75) is 13.5 Å². The fourth-order valence-electron chi connectivity index (χ4n) is 3.82. The fourth-order valence-corrected chi connectivity index (χ4v) is 3.82. The summed E-state index contributed by atoms with van der Waals surface area (Å²) in [5.74, 6) is 0.788. The number of rotatable bonds is 6. The molecule has 4 rings (SSSR count). The minimum absolute atomic E-state index is 0.166. The van der Waals surface area contributed by atoms with E-state index in [9.17, 15) is 9.59 Å². The predicted octanol–water partition coefficient (Wildman–Crippen LogP) is 1.83. The summed E-state index contributed by atoms with van der Waals surface area (Å²) in [5.41, 5.74) is 1.60. The van der Waals surface area contributed by atoms with Crippen LogP contribution in [0.2, 0.25) is 0 Å². The Balaban J connectivity index is 1.36. The molecule has 158 valence electrons. The zero-order valence-electron chi connectivity index (χ0n) is 17.4. The van der Waals surface area contributed by atoms with Gasteiger partial charge in [-0.2, -0.15) is 0 Å². The van der Waals surface area contributed by atoms with Crippen LogP contribution in [0.1, 0.15) is 11.5 Å². The molecule has 1 aliphatic rings. The number of para-hydroxylation sites is 1. The molecule has 3 heterocycles. The Hall–Kier alpha value is -3.10. The second-order valence-electron chi connectivity index (χ2n) is 7.62. The van der Waals surface area contributed by atoms with E-state index >= 15 is 0 Å². The van der Waals surface area contributed by atoms with Crippen molar-refractivity contribution in [1.82, 2.24) is 19.2 Å². The molecule has 8 heteroatoms. The van der Waals surface area contributed by atoms with Crippen LogP contribution < -0.4 is 10.9 Å². The zero-order valence-corrected chi connectivity index (χ0v) is 17.4. The molecule has 8 nitrogen and oxygen atoms in total. The number of furan rings is 1. The summed E-state index contributed by atoms with van der Waals surface area (Å²) < 4.78 is 8.74. The van der Waals surface area contributed by atoms with E-state index in [1.807, 2.05) is 56.4 Å². The van der Waals surface area contributed by atoms with E-state index in [2.05, 4.69) is 15.1 Å². The first-order valence-electron chi connectivity index (χ1n) is 10.1. The lowest BCUT2D eigenvalue weighted by molar-refractivity contribution is -0.117. The molecule has 0 spiro atoms. The van der Waals surface area contributed by atoms with Crippen LogP contribution in [-0.2, 0) is 18.4 Å². The number of benzene rings is 1. The summed E-state index contributed by atoms with van der Waals surface area (Å²) in [6, 6.07) is 13.3. The van der Waals surface area contributed by atoms with Crippen LogP contribution in [-0.4, -0.2) is 57.8 Å². The van der Waals surface area contributed by atoms with Gasteiger partial charge in [0, 0.05) is 33.2 Å². The van der Waals surface area contributed by atoms with Gasteiger partial charge in [0.25, 0.3) is 5.56 Å². The molecule has 0 atom stereocenters. The number of amides is 1. The van der Waals surface area contributed by atoms with Crippen molar-refractivity contribution in [3.05, 3.63) is 70.5 Å². The van der Waals surface area contributed by atoms with Gasteiger partial charge in [-0.25, -0.2) is 4.68 Å². The number of carbonyl (C=O) groups is 1. The number of hydrogen-bond acceptors (Lipinski definition) is 5. The van der Waals surface area contributed by atoms with Crippen LogP contribution >= 0.6 is 0 Å². The number of nitrogens with one attached hydrogen (secondary N) is 1. The average Bonchev–Trinajstić information content (AvgIpc) is 3.33. The van der Waals surface area contributed by atoms with Crippen LogP contribution in [0, 0.1) is 6.92 Å². The SMILES string of the molecule is Cc1c(NC(=O)CN2CCN(Cc3ccco3)CC2)c(=O)n(-c2ccccc2)n1C. The number of hydrogen-bond donors (Lipinski definition) is 1. The van der Waals surface area contributed by atoms with Crippen LogP contribution in [0.25, 0.3) is 5.69 Å². The van der Waals surface area contributed by atoms with Gasteiger partial charge in [-0.3, -0.25) is 24.1 Å². The first-order chi connectivity index (χ1) is 14.5. The zero-order chi connectivity index (χ0) is 21.1. The third kappa shape index (κ3) is 4.24. The van der Waals surface area contributed by atoms with Crippen LogP contribution in [0.4, 0.5) is 5.69 Å². The molecule has 0 bridgehead atoms. The van der Waals surface area contributed by atoms with Crippen LogP contribution in [0.15, 0.2) is 57.9 Å². The van der Waals surface area contributed by atoms with Crippen molar-refractivity contribution >= 4 is 11.6 Å². The maximum atomic E-state index is 12.9. The molecule has 30 heavy (non-hydrogen) atoms. The second kappa shape index (κ2) is 8.73. The molecule has 1 aliphatic heterocycles. The van der Waals surface area contributed by atoms with Gasteiger partial charge < -0.3 is 9.73 Å². The molecule has 3 aromatic rings. The van der Waals surface area contributed by atoms with E-state index < -0.39 is 0 Å². The number of piperazine rings is 1. The molecule has 2 aromatic heterocycles. The highest BCUT2D eigenvalue weighted by Crippen LogP contribution is 2.14. The van der Waals surface area contributed by atoms with Crippen molar-refractivity contribution in [3.63, 3.8) is 0 Å². The van der Waals surface area contributed by atoms with Gasteiger partial charge in [-0.15, -0.1) is 0 Å². The van der Waals surface area contributed by atoms with Gasteiger partial charge in [-0.05, 0) is 31.2 Å². The van der Waals surface area contributed by atoms with Crippen LogP contribution in [0.5, 0.6) is 0 Å². The van der Waals surface area contributed by atoms with Crippen molar-refractivity contribution in [1.29, 1.82) is 0 Å². The molecular formula is C22H27N5O3. The molecule has 0 radical (unpaired) electrons. The average molecular weight is 409 g/mol. The first kappa shape index (κ1) is 20.2. The Morgan fingerprint density at radius 2 is 1.73 bits per heavy atom. The smallest absolute Gasteiger partial charge is 0.295 e. The summed E-state index contributed by atoms with van der Waals surface area (Å²) in [4.78, 5) is 30.0. The number of nitrogens with zero attached hydrogens (tertiary/aromatic N) is 4. The van der Waals surface area contributed by atoms with E-state index in [0.29, 0.717) is 5.69 Å². The third-order valence-corrected chi connectivity index (χ3v) is 5.61. The van der Waals surface area contributed by atoms with E-state index in [1.165, 1.54) is 0 Å². The molecule has 0 saturated carbocycles. The third-order valence-electron chi connectivity index (χ3n) is 5.61. The molecule has 1 aromatic carbocycles. The Kier molecular flexibility index (Phi) is 5.87. The summed E-state index contributed by atoms with van der Waals surface area (Å²) in [6.07, 6.45) is 1.69. The lowest BCUT2D eigenvalue weighted by Crippen LogP contribution is -2.48. The van der Waals surface area contributed by atoms with E-state index in [4.69, 9.17) is 4.42 Å². The summed E-state index contributed by atoms with van der Waals surface area (Å²) in [5, 5.41) is 2.84. The Labute approximate surface area is 175 Å². The molecule has 1 N–H and O–H groups in total. The molecule has 0 unspecified atom stereocenters. The number of anilines is 1. The summed E-state index contributed by atoms with van der Waals surface area (Å²) in [6.45, 7) is 6.25. The first-order valence-corrected chi connectivity index (χ1v) is 10.1. The maximum Gasteiger partial charge on any atom is 0.295 e. The highest BCUT2D eigenvalue weighted by molar-refractivity contribution is 5.92. The molecule has 0 aliphatic carbocycles. The minimum atomic E-state index is -0.224. The van der Waals surface area contributed by atoms with Gasteiger partial charge >= 0.3 is 0 Å². The quantitative estimate of drug-likeness (QED) is 0.672. The van der Waals surface area contributed by atoms with Crippen molar-refractivity contribution in [2.24, 2.45) is 7.05 Å². The Bertz CT molecular complexity index is 1040. The van der Waals surface area contributed by atoms with Crippen LogP contribution in [0.3, 0.4) is 0 Å². The Morgan fingerprint density at radius 1 is 1.03 bits per heavy atom. The van der Waals surface area contributed by atoms with Crippen molar-refractivity contribution < 1.29 is 9.21 Å². The minimum Gasteiger partial charge on any atom is -0.468 e. The standard InChI is InChI=1S/C22H27N5O3/c1-17-21(22(29)27(24(17)2)18-7-4-3-5-8-18)23-20(28)16-26-12-10-25(11-13-26)15-19-9-6-14-30-19/h3-9,14H,10-13,15-16H2,1-2H3,(H,23,28). The van der Waals surface area contributed by atoms with Gasteiger partial charge in [0.05, 0.1) is 30.7 Å². The molecule has 1 amide bonds. The topological polar surface area (TPSA) is 75.7 Å². The highest BCUT2D eigenvalue weighted by Gasteiger charge is 2.22. The monoisotopic (exact) mass is 409 g/mol. The van der Waals surface area contributed by atoms with E-state index in [0.717, 1.165) is 49.9 Å². The van der Waals surface area contributed by atoms with Gasteiger partial charge in [0.15, 0.2) is 0 Å². The van der Waals surface area contributed by atoms with Crippen molar-refractivity contribution in [3.8, 4) is 5.69 Å². The molecule has 1 saturated heterocycles. The molecule has 1 fully saturated rings. The Morgan fingerprint density at radius 3 is 2.40 bits per heavy atom. The van der Waals surface area contributed by atoms with E-state index in [-0.39, 0.29) is 18.0 Å². The largest absolute Gasteiger partial charge is 0.468 e. The number of aromatic nitrogens is 2.